The van der Waals surface area contributed by atoms with Gasteiger partial charge in [-0.3, -0.25) is 9.10 Å². The van der Waals surface area contributed by atoms with E-state index in [9.17, 15) is 13.2 Å². The molecule has 2 aromatic rings. The predicted molar refractivity (Wildman–Crippen MR) is 131 cm³/mol. The molecule has 0 spiro atoms. The average Bonchev–Trinajstić information content (AvgIpc) is 2.69. The molecule has 2 atom stereocenters. The molecule has 0 radical (unpaired) electrons. The third kappa shape index (κ3) is 5.82. The zero-order valence-electron chi connectivity index (χ0n) is 20.4. The van der Waals surface area contributed by atoms with Gasteiger partial charge in [0, 0.05) is 0 Å². The van der Waals surface area contributed by atoms with E-state index in [1.807, 2.05) is 39.8 Å². The number of anilines is 1. The van der Waals surface area contributed by atoms with E-state index < -0.39 is 16.1 Å². The topological polar surface area (TPSA) is 75.7 Å². The number of carbonyl (C=O) groups excluding carboxylic acids is 1. The summed E-state index contributed by atoms with van der Waals surface area (Å²) < 4.78 is 32.1. The van der Waals surface area contributed by atoms with Crippen LogP contribution in [0.4, 0.5) is 5.69 Å². The summed E-state index contributed by atoms with van der Waals surface area (Å²) in [5, 5.41) is 3.04. The summed E-state index contributed by atoms with van der Waals surface area (Å²) in [5.41, 5.74) is 4.48. The fourth-order valence-corrected chi connectivity index (χ4v) is 5.23. The normalized spacial score (nSPS) is 13.5. The highest BCUT2D eigenvalue weighted by Gasteiger charge is 2.32. The highest BCUT2D eigenvalue weighted by atomic mass is 32.2. The molecule has 0 aliphatic heterocycles. The van der Waals surface area contributed by atoms with Crippen LogP contribution >= 0.6 is 0 Å². The second-order valence-corrected chi connectivity index (χ2v) is 10.5. The number of nitrogens with zero attached hydrogens (tertiary/aromatic N) is 1. The van der Waals surface area contributed by atoms with Gasteiger partial charge in [-0.15, -0.1) is 0 Å². The summed E-state index contributed by atoms with van der Waals surface area (Å²) in [6.07, 6.45) is 1.48. The molecule has 1 N–H and O–H groups in total. The predicted octanol–water partition coefficient (Wildman–Crippen LogP) is 4.86. The molecule has 0 aliphatic carbocycles. The van der Waals surface area contributed by atoms with Gasteiger partial charge in [-0.2, -0.15) is 0 Å². The molecule has 0 aliphatic rings. The Balaban J connectivity index is 2.39. The van der Waals surface area contributed by atoms with Crippen LogP contribution in [0.3, 0.4) is 0 Å². The summed E-state index contributed by atoms with van der Waals surface area (Å²) in [7, 11) is -2.02. The molecule has 6 nitrogen and oxygen atoms in total. The zero-order valence-corrected chi connectivity index (χ0v) is 21.2. The lowest BCUT2D eigenvalue weighted by Gasteiger charge is -2.31. The summed E-state index contributed by atoms with van der Waals surface area (Å²) in [6.45, 7) is 11.8. The lowest BCUT2D eigenvalue weighted by molar-refractivity contribution is -0.122. The highest BCUT2D eigenvalue weighted by molar-refractivity contribution is 7.92. The van der Waals surface area contributed by atoms with Gasteiger partial charge in [-0.05, 0) is 79.6 Å². The standard InChI is InChI=1S/C25H36N2O4S/c1-9-23(27(32(8,29)30)20-12-10-11-17(4)13-20)25(28)26-19(6)22-15-21(16(2)3)24(31-7)14-18(22)5/h10-16,19,23H,9H2,1-8H3,(H,26,28)/t19-,23-/m1/s1. The Kier molecular flexibility index (Phi) is 8.35. The third-order valence-corrected chi connectivity index (χ3v) is 6.83. The van der Waals surface area contributed by atoms with Gasteiger partial charge in [0.2, 0.25) is 15.9 Å². The van der Waals surface area contributed by atoms with Crippen LogP contribution in [0.5, 0.6) is 5.75 Å². The smallest absolute Gasteiger partial charge is 0.244 e. The van der Waals surface area contributed by atoms with Crippen molar-refractivity contribution in [1.29, 1.82) is 0 Å². The van der Waals surface area contributed by atoms with Crippen LogP contribution in [0.25, 0.3) is 0 Å². The van der Waals surface area contributed by atoms with Gasteiger partial charge in [0.15, 0.2) is 0 Å². The van der Waals surface area contributed by atoms with Crippen molar-refractivity contribution in [3.63, 3.8) is 0 Å². The molecule has 0 heterocycles. The maximum absolute atomic E-state index is 13.3. The fourth-order valence-electron chi connectivity index (χ4n) is 4.02. The highest BCUT2D eigenvalue weighted by Crippen LogP contribution is 2.32. The monoisotopic (exact) mass is 460 g/mol. The van der Waals surface area contributed by atoms with Gasteiger partial charge in [0.25, 0.3) is 0 Å². The minimum atomic E-state index is -3.67. The van der Waals surface area contributed by atoms with Crippen LogP contribution in [-0.4, -0.2) is 33.7 Å². The number of hydrogen-bond donors (Lipinski definition) is 1. The van der Waals surface area contributed by atoms with Crippen LogP contribution in [0.2, 0.25) is 0 Å². The quantitative estimate of drug-likeness (QED) is 0.580. The first-order valence-corrected chi connectivity index (χ1v) is 12.8. The second-order valence-electron chi connectivity index (χ2n) is 8.66. The van der Waals surface area contributed by atoms with Crippen LogP contribution in [-0.2, 0) is 14.8 Å². The minimum Gasteiger partial charge on any atom is -0.496 e. The Labute approximate surface area is 193 Å². The summed E-state index contributed by atoms with van der Waals surface area (Å²) in [5.74, 6) is 0.764. The summed E-state index contributed by atoms with van der Waals surface area (Å²) in [6, 6.07) is 10.1. The SMILES string of the molecule is CC[C@H](C(=O)N[C@H](C)c1cc(C(C)C)c(OC)cc1C)N(c1cccc(C)c1)S(C)(=O)=O. The molecule has 0 saturated heterocycles. The molecule has 0 saturated carbocycles. The van der Waals surface area contributed by atoms with Crippen molar-refractivity contribution in [2.75, 3.05) is 17.7 Å². The molecule has 2 aromatic carbocycles. The van der Waals surface area contributed by atoms with Gasteiger partial charge in [0.1, 0.15) is 11.8 Å². The Morgan fingerprint density at radius 1 is 1.09 bits per heavy atom. The van der Waals surface area contributed by atoms with E-state index in [-0.39, 0.29) is 17.9 Å². The van der Waals surface area contributed by atoms with Crippen LogP contribution in [0.15, 0.2) is 36.4 Å². The Morgan fingerprint density at radius 3 is 2.25 bits per heavy atom. The van der Waals surface area contributed by atoms with E-state index in [0.29, 0.717) is 12.1 Å². The van der Waals surface area contributed by atoms with Crippen molar-refractivity contribution in [2.24, 2.45) is 0 Å². The van der Waals surface area contributed by atoms with Crippen LogP contribution in [0.1, 0.15) is 68.3 Å². The zero-order chi connectivity index (χ0) is 24.2. The fraction of sp³-hybridized carbons (Fsp3) is 0.480. The number of nitrogens with one attached hydrogen (secondary N) is 1. The number of ether oxygens (including phenoxy) is 1. The number of rotatable bonds is 9. The Hall–Kier alpha value is -2.54. The van der Waals surface area contributed by atoms with Crippen LogP contribution < -0.4 is 14.4 Å². The molecule has 7 heteroatoms. The second kappa shape index (κ2) is 10.4. The average molecular weight is 461 g/mol. The van der Waals surface area contributed by atoms with E-state index >= 15 is 0 Å². The molecule has 176 valence electrons. The molecular weight excluding hydrogens is 424 g/mol. The largest absolute Gasteiger partial charge is 0.496 e. The van der Waals surface area contributed by atoms with E-state index in [2.05, 4.69) is 25.2 Å². The summed E-state index contributed by atoms with van der Waals surface area (Å²) in [4.78, 5) is 13.3. The molecular formula is C25H36N2O4S. The van der Waals surface area contributed by atoms with E-state index in [1.54, 1.807) is 25.3 Å². The molecule has 0 aromatic heterocycles. The van der Waals surface area contributed by atoms with Crippen LogP contribution in [0, 0.1) is 13.8 Å². The van der Waals surface area contributed by atoms with Gasteiger partial charge in [0.05, 0.1) is 25.1 Å². The number of carbonyl (C=O) groups is 1. The van der Waals surface area contributed by atoms with Crippen molar-refractivity contribution < 1.29 is 17.9 Å². The van der Waals surface area contributed by atoms with Crippen molar-refractivity contribution in [3.8, 4) is 5.75 Å². The Morgan fingerprint density at radius 2 is 1.75 bits per heavy atom. The molecule has 2 rings (SSSR count). The van der Waals surface area contributed by atoms with E-state index in [0.717, 1.165) is 34.3 Å². The van der Waals surface area contributed by atoms with Crippen molar-refractivity contribution in [1.82, 2.24) is 5.32 Å². The van der Waals surface area contributed by atoms with Crippen molar-refractivity contribution in [2.45, 2.75) is 66.0 Å². The first-order valence-electron chi connectivity index (χ1n) is 11.0. The molecule has 0 fully saturated rings. The van der Waals surface area contributed by atoms with Crippen molar-refractivity contribution >= 4 is 21.6 Å². The number of hydrogen-bond acceptors (Lipinski definition) is 4. The number of aryl methyl sites for hydroxylation is 2. The lowest BCUT2D eigenvalue weighted by atomic mass is 9.93. The lowest BCUT2D eigenvalue weighted by Crippen LogP contribution is -2.49. The first-order chi connectivity index (χ1) is 14.9. The number of methoxy groups -OCH3 is 1. The molecule has 0 bridgehead atoms. The Bertz CT molecular complexity index is 1060. The maximum Gasteiger partial charge on any atom is 0.244 e. The van der Waals surface area contributed by atoms with Gasteiger partial charge >= 0.3 is 0 Å². The minimum absolute atomic E-state index is 0.262. The molecule has 0 unspecified atom stereocenters. The van der Waals surface area contributed by atoms with E-state index in [4.69, 9.17) is 4.74 Å². The van der Waals surface area contributed by atoms with Crippen molar-refractivity contribution in [3.05, 3.63) is 58.7 Å². The van der Waals surface area contributed by atoms with Gasteiger partial charge in [-0.1, -0.05) is 32.9 Å². The molecule has 1 amide bonds. The number of sulfonamides is 1. The van der Waals surface area contributed by atoms with E-state index in [1.165, 1.54) is 4.31 Å². The maximum atomic E-state index is 13.3. The van der Waals surface area contributed by atoms with Gasteiger partial charge in [-0.25, -0.2) is 8.42 Å². The number of benzene rings is 2. The van der Waals surface area contributed by atoms with Gasteiger partial charge < -0.3 is 10.1 Å². The summed E-state index contributed by atoms with van der Waals surface area (Å²) >= 11 is 0. The third-order valence-electron chi connectivity index (χ3n) is 5.65. The molecule has 32 heavy (non-hydrogen) atoms. The number of amides is 1. The first kappa shape index (κ1) is 25.7.